The maximum Gasteiger partial charge on any atom is 0.408 e. The molecular formula is C36H48N4O7. The highest BCUT2D eigenvalue weighted by Gasteiger charge is 2.50. The van der Waals surface area contributed by atoms with Crippen molar-refractivity contribution in [2.24, 2.45) is 23.2 Å². The van der Waals surface area contributed by atoms with Gasteiger partial charge >= 0.3 is 12.1 Å². The van der Waals surface area contributed by atoms with E-state index in [1.807, 2.05) is 26.8 Å². The number of fused-ring (bicyclic) bond motifs is 2. The van der Waals surface area contributed by atoms with E-state index in [1.165, 1.54) is 24.9 Å². The lowest BCUT2D eigenvalue weighted by Gasteiger charge is -2.35. The van der Waals surface area contributed by atoms with Crippen LogP contribution in [0.25, 0.3) is 17.1 Å². The van der Waals surface area contributed by atoms with E-state index in [-0.39, 0.29) is 24.9 Å². The van der Waals surface area contributed by atoms with Gasteiger partial charge in [0.05, 0.1) is 31.8 Å². The Morgan fingerprint density at radius 2 is 1.89 bits per heavy atom. The van der Waals surface area contributed by atoms with Crippen LogP contribution in [0.2, 0.25) is 0 Å². The number of rotatable bonds is 12. The molecule has 7 unspecified atom stereocenters. The number of allylic oxidation sites excluding steroid dienone is 1. The number of carbonyl (C=O) groups is 3. The Morgan fingerprint density at radius 1 is 1.11 bits per heavy atom. The van der Waals surface area contributed by atoms with Gasteiger partial charge in [0.2, 0.25) is 11.8 Å². The third-order valence-corrected chi connectivity index (χ3v) is 9.97. The molecule has 1 N–H and O–H groups in total. The van der Waals surface area contributed by atoms with Crippen molar-refractivity contribution in [1.82, 2.24) is 20.2 Å². The summed E-state index contributed by atoms with van der Waals surface area (Å²) < 4.78 is 22.8. The fourth-order valence-electron chi connectivity index (χ4n) is 7.36. The summed E-state index contributed by atoms with van der Waals surface area (Å²) in [5.41, 5.74) is 0.950. The fourth-order valence-corrected chi connectivity index (χ4v) is 7.36. The van der Waals surface area contributed by atoms with Gasteiger partial charge in [0, 0.05) is 12.5 Å². The average molecular weight is 649 g/mol. The van der Waals surface area contributed by atoms with Crippen LogP contribution in [-0.2, 0) is 19.1 Å². The molecule has 47 heavy (non-hydrogen) atoms. The minimum atomic E-state index is -0.963. The SMILES string of the molecule is C=CCCCC1C(OC(=O)NC(C(=O)N2CC(Oc3nc4cc(OC)ccc4nc3C=C)CC2C(=O)OC)C(C)(C)C)CC2CCC21. The molecule has 7 atom stereocenters. The number of likely N-dealkylation sites (tertiary alicyclic amines) is 1. The Hall–Kier alpha value is -4.15. The number of carbonyl (C=O) groups excluding carboxylic acids is 3. The summed E-state index contributed by atoms with van der Waals surface area (Å²) >= 11 is 0. The Bertz CT molecular complexity index is 1500. The molecule has 1 saturated heterocycles. The molecule has 11 nitrogen and oxygen atoms in total. The van der Waals surface area contributed by atoms with Gasteiger partial charge in [0.25, 0.3) is 0 Å². The van der Waals surface area contributed by atoms with Gasteiger partial charge in [-0.15, -0.1) is 6.58 Å². The quantitative estimate of drug-likeness (QED) is 0.175. The van der Waals surface area contributed by atoms with E-state index < -0.39 is 41.6 Å². The summed E-state index contributed by atoms with van der Waals surface area (Å²) in [7, 11) is 2.86. The predicted octanol–water partition coefficient (Wildman–Crippen LogP) is 5.71. The van der Waals surface area contributed by atoms with Crippen molar-refractivity contribution in [3.63, 3.8) is 0 Å². The summed E-state index contributed by atoms with van der Waals surface area (Å²) in [6.07, 6.45) is 8.41. The van der Waals surface area contributed by atoms with Crippen LogP contribution in [0, 0.1) is 23.2 Å². The van der Waals surface area contributed by atoms with Crippen LogP contribution in [0.3, 0.4) is 0 Å². The number of unbranched alkanes of at least 4 members (excludes halogenated alkanes) is 1. The number of esters is 1. The summed E-state index contributed by atoms with van der Waals surface area (Å²) in [5.74, 6) is 1.38. The molecule has 2 aliphatic carbocycles. The lowest BCUT2D eigenvalue weighted by atomic mass is 9.71. The first kappa shape index (κ1) is 34.2. The van der Waals surface area contributed by atoms with E-state index in [4.69, 9.17) is 18.9 Å². The first-order valence-electron chi connectivity index (χ1n) is 16.6. The van der Waals surface area contributed by atoms with Crippen molar-refractivity contribution in [2.45, 2.75) is 90.0 Å². The predicted molar refractivity (Wildman–Crippen MR) is 178 cm³/mol. The molecule has 2 saturated carbocycles. The lowest BCUT2D eigenvalue weighted by Crippen LogP contribution is -2.57. The van der Waals surface area contributed by atoms with Gasteiger partial charge < -0.3 is 29.2 Å². The van der Waals surface area contributed by atoms with Gasteiger partial charge in [-0.1, -0.05) is 33.4 Å². The van der Waals surface area contributed by atoms with Crippen LogP contribution in [-0.4, -0.2) is 77.9 Å². The Morgan fingerprint density at radius 3 is 2.53 bits per heavy atom. The molecule has 3 aliphatic rings. The first-order valence-corrected chi connectivity index (χ1v) is 16.6. The minimum absolute atomic E-state index is 0.0771. The zero-order chi connectivity index (χ0) is 33.9. The summed E-state index contributed by atoms with van der Waals surface area (Å²) in [5, 5.41) is 2.88. The molecule has 3 fully saturated rings. The zero-order valence-electron chi connectivity index (χ0n) is 28.2. The number of aromatic nitrogens is 2. The molecule has 0 bridgehead atoms. The van der Waals surface area contributed by atoms with Gasteiger partial charge in [0.15, 0.2) is 0 Å². The van der Waals surface area contributed by atoms with Crippen molar-refractivity contribution in [3.8, 4) is 11.6 Å². The Balaban J connectivity index is 1.32. The molecule has 2 amide bonds. The number of hydrogen-bond acceptors (Lipinski definition) is 9. The fraction of sp³-hybridized carbons (Fsp3) is 0.583. The van der Waals surface area contributed by atoms with Gasteiger partial charge in [-0.2, -0.15) is 0 Å². The highest BCUT2D eigenvalue weighted by molar-refractivity contribution is 5.91. The Labute approximate surface area is 277 Å². The van der Waals surface area contributed by atoms with Crippen molar-refractivity contribution in [3.05, 3.63) is 43.1 Å². The minimum Gasteiger partial charge on any atom is -0.497 e. The summed E-state index contributed by atoms with van der Waals surface area (Å²) in [6.45, 7) is 13.4. The molecule has 1 aromatic carbocycles. The standard InChI is InChI=1S/C36H48N4O7/c1-8-10-11-12-25-24-15-13-21(24)17-30(25)47-35(43)39-31(36(3,4)5)33(41)40-20-23(19-29(40)34(42)45-7)46-32-26(9-2)37-27-16-14-22(44-6)18-28(27)38-32/h8-9,14,16,18,21,23-25,29-31H,1-2,10-13,15,17,19-20H2,3-7H3,(H,39,43). The first-order chi connectivity index (χ1) is 22.5. The van der Waals surface area contributed by atoms with E-state index in [2.05, 4.69) is 28.4 Å². The van der Waals surface area contributed by atoms with Crippen LogP contribution in [0.15, 0.2) is 37.4 Å². The summed E-state index contributed by atoms with van der Waals surface area (Å²) in [6, 6.07) is 3.46. The average Bonchev–Trinajstić information content (AvgIpc) is 3.55. The largest absolute Gasteiger partial charge is 0.497 e. The molecule has 1 aromatic heterocycles. The molecule has 11 heteroatoms. The number of nitrogens with one attached hydrogen (secondary N) is 1. The second-order valence-electron chi connectivity index (χ2n) is 14.0. The molecule has 0 spiro atoms. The van der Waals surface area contributed by atoms with E-state index in [1.54, 1.807) is 31.4 Å². The van der Waals surface area contributed by atoms with E-state index in [0.717, 1.165) is 25.7 Å². The van der Waals surface area contributed by atoms with Crippen LogP contribution in [0.1, 0.15) is 71.4 Å². The number of alkyl carbamates (subject to hydrolysis) is 1. The number of methoxy groups -OCH3 is 2. The zero-order valence-corrected chi connectivity index (χ0v) is 28.2. The monoisotopic (exact) mass is 648 g/mol. The third-order valence-electron chi connectivity index (χ3n) is 9.97. The normalized spacial score (nSPS) is 25.7. The molecule has 5 rings (SSSR count). The van der Waals surface area contributed by atoms with Crippen LogP contribution >= 0.6 is 0 Å². The maximum atomic E-state index is 14.2. The van der Waals surface area contributed by atoms with Gasteiger partial charge in [-0.25, -0.2) is 19.6 Å². The topological polar surface area (TPSA) is 129 Å². The van der Waals surface area contributed by atoms with E-state index in [9.17, 15) is 14.4 Å². The number of nitrogens with zero attached hydrogens (tertiary/aromatic N) is 3. The molecule has 1 aliphatic heterocycles. The second kappa shape index (κ2) is 14.3. The number of benzene rings is 1. The second-order valence-corrected chi connectivity index (χ2v) is 14.0. The highest BCUT2D eigenvalue weighted by atomic mass is 16.6. The van der Waals surface area contributed by atoms with E-state index >= 15 is 0 Å². The molecular weight excluding hydrogens is 600 g/mol. The van der Waals surface area contributed by atoms with Crippen LogP contribution in [0.5, 0.6) is 11.6 Å². The lowest BCUT2D eigenvalue weighted by molar-refractivity contribution is -0.152. The smallest absolute Gasteiger partial charge is 0.408 e. The molecule has 254 valence electrons. The van der Waals surface area contributed by atoms with Crippen molar-refractivity contribution in [2.75, 3.05) is 20.8 Å². The van der Waals surface area contributed by atoms with E-state index in [0.29, 0.717) is 40.2 Å². The summed E-state index contributed by atoms with van der Waals surface area (Å²) in [4.78, 5) is 51.3. The van der Waals surface area contributed by atoms with Crippen molar-refractivity contribution in [1.29, 1.82) is 0 Å². The van der Waals surface area contributed by atoms with Gasteiger partial charge in [-0.3, -0.25) is 4.79 Å². The highest BCUT2D eigenvalue weighted by Crippen LogP contribution is 2.53. The van der Waals surface area contributed by atoms with Crippen LogP contribution in [0.4, 0.5) is 4.79 Å². The van der Waals surface area contributed by atoms with Gasteiger partial charge in [0.1, 0.15) is 35.7 Å². The molecule has 2 heterocycles. The number of amides is 2. The maximum absolute atomic E-state index is 14.2. The molecule has 0 radical (unpaired) electrons. The van der Waals surface area contributed by atoms with Crippen molar-refractivity contribution >= 4 is 35.1 Å². The molecule has 2 aromatic rings. The number of ether oxygens (including phenoxy) is 4. The van der Waals surface area contributed by atoms with Crippen molar-refractivity contribution < 1.29 is 33.3 Å². The number of hydrogen-bond donors (Lipinski definition) is 1. The van der Waals surface area contributed by atoms with Gasteiger partial charge in [-0.05, 0) is 79.9 Å². The van der Waals surface area contributed by atoms with Crippen LogP contribution < -0.4 is 14.8 Å². The Kier molecular flexibility index (Phi) is 10.4. The third kappa shape index (κ3) is 7.39.